The molecule has 0 aromatic heterocycles. The van der Waals surface area contributed by atoms with E-state index >= 15 is 0 Å². The molecule has 0 amide bonds. The summed E-state index contributed by atoms with van der Waals surface area (Å²) in [5.74, 6) is 3.65. The molecule has 1 nitrogen and oxygen atoms in total. The van der Waals surface area contributed by atoms with E-state index in [1.807, 2.05) is 0 Å². The zero-order chi connectivity index (χ0) is 12.4. The largest absolute Gasteiger partial charge is 0.311 e. The molecule has 2 fully saturated rings. The zero-order valence-electron chi connectivity index (χ0n) is 12.2. The monoisotopic (exact) mass is 237 g/mol. The van der Waals surface area contributed by atoms with Gasteiger partial charge < -0.3 is 5.32 Å². The van der Waals surface area contributed by atoms with Crippen LogP contribution in [-0.2, 0) is 0 Å². The highest BCUT2D eigenvalue weighted by atomic mass is 15.0. The third-order valence-corrected chi connectivity index (χ3v) is 5.57. The molecule has 0 radical (unpaired) electrons. The summed E-state index contributed by atoms with van der Waals surface area (Å²) < 4.78 is 0. The maximum Gasteiger partial charge on any atom is 0.00979 e. The molecule has 2 saturated carbocycles. The SMILES string of the molecule is CC(C)C1CCCC(NC2CCC(C)C2C)C1. The molecule has 2 rings (SSSR count). The molecule has 2 aliphatic carbocycles. The Labute approximate surface area is 108 Å². The summed E-state index contributed by atoms with van der Waals surface area (Å²) in [6.07, 6.45) is 8.59. The highest BCUT2D eigenvalue weighted by molar-refractivity contribution is 4.89. The van der Waals surface area contributed by atoms with Crippen LogP contribution >= 0.6 is 0 Å². The maximum absolute atomic E-state index is 3.98. The molecule has 1 N–H and O–H groups in total. The Morgan fingerprint density at radius 2 is 1.76 bits per heavy atom. The maximum atomic E-state index is 3.98. The summed E-state index contributed by atoms with van der Waals surface area (Å²) in [5, 5.41) is 3.98. The number of rotatable bonds is 3. The van der Waals surface area contributed by atoms with Crippen molar-refractivity contribution in [1.82, 2.24) is 5.32 Å². The first-order chi connectivity index (χ1) is 8.08. The van der Waals surface area contributed by atoms with E-state index in [0.717, 1.165) is 35.8 Å². The van der Waals surface area contributed by atoms with Crippen molar-refractivity contribution in [2.24, 2.45) is 23.7 Å². The molecule has 5 unspecified atom stereocenters. The first-order valence-electron chi connectivity index (χ1n) is 7.84. The van der Waals surface area contributed by atoms with Gasteiger partial charge in [-0.25, -0.2) is 0 Å². The van der Waals surface area contributed by atoms with Crippen molar-refractivity contribution in [1.29, 1.82) is 0 Å². The predicted octanol–water partition coefficient (Wildman–Crippen LogP) is 4.23. The van der Waals surface area contributed by atoms with Gasteiger partial charge >= 0.3 is 0 Å². The Bertz CT molecular complexity index is 236. The normalized spacial score (nSPS) is 43.2. The Morgan fingerprint density at radius 3 is 2.35 bits per heavy atom. The molecular weight excluding hydrogens is 206 g/mol. The van der Waals surface area contributed by atoms with Crippen molar-refractivity contribution < 1.29 is 0 Å². The van der Waals surface area contributed by atoms with Gasteiger partial charge in [-0.2, -0.15) is 0 Å². The van der Waals surface area contributed by atoms with Crippen molar-refractivity contribution >= 4 is 0 Å². The first kappa shape index (κ1) is 13.4. The van der Waals surface area contributed by atoms with Gasteiger partial charge in [-0.1, -0.05) is 40.5 Å². The summed E-state index contributed by atoms with van der Waals surface area (Å²) in [4.78, 5) is 0. The second kappa shape index (κ2) is 5.73. The predicted molar refractivity (Wildman–Crippen MR) is 75.1 cm³/mol. The lowest BCUT2D eigenvalue weighted by atomic mass is 9.79. The van der Waals surface area contributed by atoms with Crippen LogP contribution in [0.15, 0.2) is 0 Å². The summed E-state index contributed by atoms with van der Waals surface area (Å²) in [5.41, 5.74) is 0. The Balaban J connectivity index is 1.82. The molecule has 0 bridgehead atoms. The third-order valence-electron chi connectivity index (χ3n) is 5.57. The second-order valence-electron chi connectivity index (χ2n) is 7.05. The molecule has 1 heteroatoms. The summed E-state index contributed by atoms with van der Waals surface area (Å²) in [6, 6.07) is 1.62. The van der Waals surface area contributed by atoms with Crippen LogP contribution in [0.5, 0.6) is 0 Å². The zero-order valence-corrected chi connectivity index (χ0v) is 12.2. The molecule has 5 atom stereocenters. The minimum absolute atomic E-state index is 0.806. The molecule has 100 valence electrons. The van der Waals surface area contributed by atoms with Crippen molar-refractivity contribution in [3.63, 3.8) is 0 Å². The number of hydrogen-bond acceptors (Lipinski definition) is 1. The highest BCUT2D eigenvalue weighted by Gasteiger charge is 2.32. The second-order valence-corrected chi connectivity index (χ2v) is 7.05. The Morgan fingerprint density at radius 1 is 1.00 bits per heavy atom. The van der Waals surface area contributed by atoms with Crippen LogP contribution in [0.4, 0.5) is 0 Å². The first-order valence-corrected chi connectivity index (χ1v) is 7.84. The van der Waals surface area contributed by atoms with Crippen molar-refractivity contribution in [3.8, 4) is 0 Å². The summed E-state index contributed by atoms with van der Waals surface area (Å²) >= 11 is 0. The minimum atomic E-state index is 0.806. The molecule has 0 spiro atoms. The number of hydrogen-bond donors (Lipinski definition) is 1. The van der Waals surface area contributed by atoms with Crippen LogP contribution in [-0.4, -0.2) is 12.1 Å². The molecular formula is C16H31N. The fourth-order valence-electron chi connectivity index (χ4n) is 3.89. The molecule has 0 saturated heterocycles. The lowest BCUT2D eigenvalue weighted by Gasteiger charge is -2.35. The smallest absolute Gasteiger partial charge is 0.00979 e. The highest BCUT2D eigenvalue weighted by Crippen LogP contribution is 2.34. The Kier molecular flexibility index (Phi) is 4.52. The molecule has 0 aliphatic heterocycles. The minimum Gasteiger partial charge on any atom is -0.311 e. The van der Waals surface area contributed by atoms with Gasteiger partial charge in [0.1, 0.15) is 0 Å². The van der Waals surface area contributed by atoms with Crippen molar-refractivity contribution in [3.05, 3.63) is 0 Å². The molecule has 0 heterocycles. The van der Waals surface area contributed by atoms with Gasteiger partial charge in [0.15, 0.2) is 0 Å². The van der Waals surface area contributed by atoms with Crippen LogP contribution in [0.25, 0.3) is 0 Å². The van der Waals surface area contributed by atoms with E-state index in [4.69, 9.17) is 0 Å². The Hall–Kier alpha value is -0.0400. The van der Waals surface area contributed by atoms with Gasteiger partial charge in [0.05, 0.1) is 0 Å². The average Bonchev–Trinajstić information content (AvgIpc) is 2.61. The van der Waals surface area contributed by atoms with Gasteiger partial charge in [0.2, 0.25) is 0 Å². The molecule has 2 aliphatic rings. The third kappa shape index (κ3) is 3.24. The summed E-state index contributed by atoms with van der Waals surface area (Å²) in [7, 11) is 0. The van der Waals surface area contributed by atoms with Crippen LogP contribution in [0, 0.1) is 23.7 Å². The lowest BCUT2D eigenvalue weighted by molar-refractivity contribution is 0.209. The standard InChI is InChI=1S/C16H31N/c1-11(2)14-6-5-7-15(10-14)17-16-9-8-12(3)13(16)4/h11-17H,5-10H2,1-4H3. The average molecular weight is 237 g/mol. The summed E-state index contributed by atoms with van der Waals surface area (Å²) in [6.45, 7) is 9.66. The van der Waals surface area contributed by atoms with E-state index in [2.05, 4.69) is 33.0 Å². The number of nitrogens with one attached hydrogen (secondary N) is 1. The van der Waals surface area contributed by atoms with Crippen molar-refractivity contribution in [2.75, 3.05) is 0 Å². The van der Waals surface area contributed by atoms with Gasteiger partial charge in [0.25, 0.3) is 0 Å². The molecule has 0 aromatic carbocycles. The molecule has 0 aromatic rings. The van der Waals surface area contributed by atoms with Gasteiger partial charge in [-0.05, 0) is 49.4 Å². The van der Waals surface area contributed by atoms with Crippen molar-refractivity contribution in [2.45, 2.75) is 78.3 Å². The fourth-order valence-corrected chi connectivity index (χ4v) is 3.89. The van der Waals surface area contributed by atoms with Crippen LogP contribution in [0.2, 0.25) is 0 Å². The fraction of sp³-hybridized carbons (Fsp3) is 1.00. The lowest BCUT2D eigenvalue weighted by Crippen LogP contribution is -2.43. The van der Waals surface area contributed by atoms with E-state index < -0.39 is 0 Å². The molecule has 17 heavy (non-hydrogen) atoms. The van der Waals surface area contributed by atoms with E-state index in [1.54, 1.807) is 0 Å². The van der Waals surface area contributed by atoms with Gasteiger partial charge in [0, 0.05) is 12.1 Å². The van der Waals surface area contributed by atoms with Gasteiger partial charge in [-0.15, -0.1) is 0 Å². The van der Waals surface area contributed by atoms with E-state index in [9.17, 15) is 0 Å². The van der Waals surface area contributed by atoms with Crippen LogP contribution in [0.3, 0.4) is 0 Å². The van der Waals surface area contributed by atoms with Gasteiger partial charge in [-0.3, -0.25) is 0 Å². The van der Waals surface area contributed by atoms with E-state index in [1.165, 1.54) is 38.5 Å². The van der Waals surface area contributed by atoms with E-state index in [0.29, 0.717) is 0 Å². The topological polar surface area (TPSA) is 12.0 Å². The quantitative estimate of drug-likeness (QED) is 0.774. The van der Waals surface area contributed by atoms with E-state index in [-0.39, 0.29) is 0 Å². The van der Waals surface area contributed by atoms with Crippen LogP contribution in [0.1, 0.15) is 66.2 Å². The van der Waals surface area contributed by atoms with Crippen LogP contribution < -0.4 is 5.32 Å².